The lowest BCUT2D eigenvalue weighted by Crippen LogP contribution is -2.32. The van der Waals surface area contributed by atoms with E-state index in [2.05, 4.69) is 19.5 Å². The largest absolute Gasteiger partial charge is 0.328 e. The Bertz CT molecular complexity index is 1080. The number of aromatic nitrogens is 3. The van der Waals surface area contributed by atoms with Crippen LogP contribution in [0.4, 0.5) is 0 Å². The molecule has 2 aliphatic heterocycles. The maximum atomic E-state index is 13.5. The van der Waals surface area contributed by atoms with Crippen LogP contribution in [-0.2, 0) is 23.0 Å². The molecule has 1 saturated heterocycles. The van der Waals surface area contributed by atoms with E-state index in [-0.39, 0.29) is 16.8 Å². The summed E-state index contributed by atoms with van der Waals surface area (Å²) in [6.45, 7) is 5.12. The first-order valence-electron chi connectivity index (χ1n) is 10.6. The second-order valence-electron chi connectivity index (χ2n) is 8.22. The fourth-order valence-corrected chi connectivity index (χ4v) is 5.60. The summed E-state index contributed by atoms with van der Waals surface area (Å²) in [6, 6.07) is 3.16. The second kappa shape index (κ2) is 8.11. The van der Waals surface area contributed by atoms with Crippen molar-refractivity contribution in [1.29, 1.82) is 0 Å². The number of nitrogens with zero attached hydrogens (tertiary/aromatic N) is 4. The Morgan fingerprint density at radius 2 is 1.90 bits per heavy atom. The Labute approximate surface area is 177 Å². The average molecular weight is 432 g/mol. The van der Waals surface area contributed by atoms with E-state index in [9.17, 15) is 13.2 Å². The maximum absolute atomic E-state index is 13.5. The molecule has 4 rings (SSSR count). The molecule has 8 nitrogen and oxygen atoms in total. The summed E-state index contributed by atoms with van der Waals surface area (Å²) >= 11 is 0. The van der Waals surface area contributed by atoms with Gasteiger partial charge in [-0.25, -0.2) is 13.1 Å². The number of likely N-dealkylation sites (tertiary alicyclic amines) is 1. The van der Waals surface area contributed by atoms with Gasteiger partial charge in [0.25, 0.3) is 5.91 Å². The third-order valence-electron chi connectivity index (χ3n) is 6.37. The number of aryl methyl sites for hydroxylation is 2. The minimum absolute atomic E-state index is 0.122. The van der Waals surface area contributed by atoms with Crippen LogP contribution in [0.3, 0.4) is 0 Å². The monoisotopic (exact) mass is 431 g/mol. The van der Waals surface area contributed by atoms with E-state index in [1.807, 2.05) is 11.8 Å². The number of sulfonamides is 1. The molecule has 2 aromatic rings. The molecule has 9 heteroatoms. The Morgan fingerprint density at radius 3 is 2.67 bits per heavy atom. The van der Waals surface area contributed by atoms with Gasteiger partial charge in [-0.2, -0.15) is 0 Å². The molecule has 0 spiro atoms. The smallest absolute Gasteiger partial charge is 0.254 e. The number of rotatable bonds is 4. The van der Waals surface area contributed by atoms with Crippen LogP contribution in [0.1, 0.15) is 71.3 Å². The fraction of sp³-hybridized carbons (Fsp3) is 0.571. The van der Waals surface area contributed by atoms with Gasteiger partial charge < -0.3 is 9.47 Å². The normalized spacial score (nSPS) is 19.6. The van der Waals surface area contributed by atoms with Gasteiger partial charge in [0.15, 0.2) is 5.82 Å². The zero-order valence-electron chi connectivity index (χ0n) is 17.8. The highest BCUT2D eigenvalue weighted by atomic mass is 32.2. The third kappa shape index (κ3) is 3.65. The molecule has 0 saturated carbocycles. The number of hydrogen-bond donors (Lipinski definition) is 1. The summed E-state index contributed by atoms with van der Waals surface area (Å²) in [6.07, 6.45) is 6.07. The third-order valence-corrected chi connectivity index (χ3v) is 7.92. The zero-order valence-corrected chi connectivity index (χ0v) is 18.6. The minimum Gasteiger partial charge on any atom is -0.328 e. The van der Waals surface area contributed by atoms with E-state index < -0.39 is 10.0 Å². The number of carbonyl (C=O) groups excluding carboxylic acids is 1. The molecule has 1 fully saturated rings. The first-order valence-corrected chi connectivity index (χ1v) is 12.1. The quantitative estimate of drug-likeness (QED) is 0.802. The molecular formula is C21H29N5O3S. The van der Waals surface area contributed by atoms with E-state index in [1.54, 1.807) is 13.0 Å². The summed E-state index contributed by atoms with van der Waals surface area (Å²) in [5.41, 5.74) is 1.83. The van der Waals surface area contributed by atoms with Crippen molar-refractivity contribution in [2.75, 3.05) is 13.6 Å². The Hall–Kier alpha value is -2.26. The maximum Gasteiger partial charge on any atom is 0.254 e. The van der Waals surface area contributed by atoms with Crippen LogP contribution < -0.4 is 4.72 Å². The van der Waals surface area contributed by atoms with Crippen molar-refractivity contribution in [2.24, 2.45) is 0 Å². The van der Waals surface area contributed by atoms with Crippen LogP contribution in [0.5, 0.6) is 0 Å². The highest BCUT2D eigenvalue weighted by Gasteiger charge is 2.35. The number of benzene rings is 1. The molecule has 1 aromatic heterocycles. The second-order valence-corrected chi connectivity index (χ2v) is 10.1. The molecule has 162 valence electrons. The van der Waals surface area contributed by atoms with Crippen LogP contribution in [0.15, 0.2) is 17.0 Å². The first kappa shape index (κ1) is 21.0. The van der Waals surface area contributed by atoms with Crippen LogP contribution in [-0.4, -0.2) is 47.6 Å². The average Bonchev–Trinajstić information content (AvgIpc) is 3.29. The predicted molar refractivity (Wildman–Crippen MR) is 113 cm³/mol. The van der Waals surface area contributed by atoms with Gasteiger partial charge in [-0.15, -0.1) is 10.2 Å². The SMILES string of the molecule is CNS(=O)(=O)c1cc(C(=O)N2CCCC2c2nnc3n2CCCCC3)cc(C)c1C. The van der Waals surface area contributed by atoms with Gasteiger partial charge >= 0.3 is 0 Å². The standard InChI is InChI=1S/C21H29N5O3S/c1-14-12-16(13-18(15(14)2)30(28,29)22-3)21(27)25-11-7-8-17(25)20-24-23-19-9-5-4-6-10-26(19)20/h12-13,17,22H,4-11H2,1-3H3. The van der Waals surface area contributed by atoms with Gasteiger partial charge in [0.2, 0.25) is 10.0 Å². The minimum atomic E-state index is -3.65. The summed E-state index contributed by atoms with van der Waals surface area (Å²) in [7, 11) is -2.27. The van der Waals surface area contributed by atoms with Gasteiger partial charge in [0, 0.05) is 25.1 Å². The van der Waals surface area contributed by atoms with Gasteiger partial charge in [-0.1, -0.05) is 6.42 Å². The highest BCUT2D eigenvalue weighted by molar-refractivity contribution is 7.89. The van der Waals surface area contributed by atoms with Crippen LogP contribution in [0, 0.1) is 13.8 Å². The van der Waals surface area contributed by atoms with Crippen molar-refractivity contribution in [3.63, 3.8) is 0 Å². The van der Waals surface area contributed by atoms with E-state index >= 15 is 0 Å². The van der Waals surface area contributed by atoms with Gasteiger partial charge in [-0.3, -0.25) is 4.79 Å². The molecule has 30 heavy (non-hydrogen) atoms. The number of carbonyl (C=O) groups is 1. The van der Waals surface area contributed by atoms with E-state index in [1.165, 1.54) is 19.5 Å². The van der Waals surface area contributed by atoms with Crippen LogP contribution >= 0.6 is 0 Å². The fourth-order valence-electron chi connectivity index (χ4n) is 4.54. The number of amides is 1. The Kier molecular flexibility index (Phi) is 5.67. The molecule has 2 aliphatic rings. The number of nitrogens with one attached hydrogen (secondary N) is 1. The molecule has 1 amide bonds. The first-order chi connectivity index (χ1) is 14.3. The van der Waals surface area contributed by atoms with E-state index in [0.29, 0.717) is 17.7 Å². The number of fused-ring (bicyclic) bond motifs is 1. The van der Waals surface area contributed by atoms with E-state index in [0.717, 1.165) is 55.9 Å². The van der Waals surface area contributed by atoms with Crippen molar-refractivity contribution >= 4 is 15.9 Å². The molecular weight excluding hydrogens is 402 g/mol. The molecule has 0 bridgehead atoms. The van der Waals surface area contributed by atoms with Crippen molar-refractivity contribution in [3.05, 3.63) is 40.5 Å². The molecule has 1 atom stereocenters. The summed E-state index contributed by atoms with van der Waals surface area (Å²) in [4.78, 5) is 15.5. The van der Waals surface area contributed by atoms with Crippen LogP contribution in [0.2, 0.25) is 0 Å². The lowest BCUT2D eigenvalue weighted by atomic mass is 10.0. The number of hydrogen-bond acceptors (Lipinski definition) is 5. The molecule has 1 N–H and O–H groups in total. The van der Waals surface area contributed by atoms with E-state index in [4.69, 9.17) is 0 Å². The van der Waals surface area contributed by atoms with Crippen molar-refractivity contribution in [1.82, 2.24) is 24.4 Å². The topological polar surface area (TPSA) is 97.2 Å². The van der Waals surface area contributed by atoms with Gasteiger partial charge in [-0.05, 0) is 69.8 Å². The molecule has 1 aromatic carbocycles. The van der Waals surface area contributed by atoms with Gasteiger partial charge in [0.05, 0.1) is 10.9 Å². The Balaban J connectivity index is 1.69. The van der Waals surface area contributed by atoms with Gasteiger partial charge in [0.1, 0.15) is 5.82 Å². The molecule has 3 heterocycles. The lowest BCUT2D eigenvalue weighted by molar-refractivity contribution is 0.0726. The summed E-state index contributed by atoms with van der Waals surface area (Å²) in [5, 5.41) is 8.86. The highest BCUT2D eigenvalue weighted by Crippen LogP contribution is 2.34. The predicted octanol–water partition coefficient (Wildman–Crippen LogP) is 2.51. The Morgan fingerprint density at radius 1 is 1.10 bits per heavy atom. The van der Waals surface area contributed by atoms with Crippen molar-refractivity contribution in [2.45, 2.75) is 69.9 Å². The molecule has 1 unspecified atom stereocenters. The van der Waals surface area contributed by atoms with Crippen molar-refractivity contribution in [3.8, 4) is 0 Å². The van der Waals surface area contributed by atoms with Crippen LogP contribution in [0.25, 0.3) is 0 Å². The summed E-state index contributed by atoms with van der Waals surface area (Å²) < 4.78 is 29.5. The zero-order chi connectivity index (χ0) is 21.5. The molecule has 0 radical (unpaired) electrons. The molecule has 0 aliphatic carbocycles. The summed E-state index contributed by atoms with van der Waals surface area (Å²) in [5.74, 6) is 1.72. The van der Waals surface area contributed by atoms with Crippen molar-refractivity contribution < 1.29 is 13.2 Å². The lowest BCUT2D eigenvalue weighted by Gasteiger charge is -2.25.